The maximum atomic E-state index is 12.3. The highest BCUT2D eigenvalue weighted by Gasteiger charge is 2.11. The maximum absolute atomic E-state index is 12.3. The third-order valence-corrected chi connectivity index (χ3v) is 3.23. The molecule has 1 aromatic carbocycles. The van der Waals surface area contributed by atoms with Gasteiger partial charge in [0.05, 0.1) is 6.20 Å². The second kappa shape index (κ2) is 7.63. The number of aromatic nitrogens is 2. The highest BCUT2D eigenvalue weighted by Crippen LogP contribution is 2.15. The summed E-state index contributed by atoms with van der Waals surface area (Å²) in [7, 11) is 0. The van der Waals surface area contributed by atoms with Crippen LogP contribution in [0.1, 0.15) is 44.1 Å². The van der Waals surface area contributed by atoms with Crippen LogP contribution in [-0.4, -0.2) is 27.8 Å². The van der Waals surface area contributed by atoms with Gasteiger partial charge in [-0.15, -0.1) is 0 Å². The van der Waals surface area contributed by atoms with Crippen LogP contribution in [0, 0.1) is 0 Å². The molecule has 1 aromatic heterocycles. The van der Waals surface area contributed by atoms with E-state index in [2.05, 4.69) is 21.0 Å². The Bertz CT molecular complexity index is 704. The van der Waals surface area contributed by atoms with Crippen LogP contribution in [0.25, 0.3) is 0 Å². The molecular weight excluding hydrogens is 306 g/mol. The van der Waals surface area contributed by atoms with Crippen LogP contribution in [0.2, 0.25) is 0 Å². The summed E-state index contributed by atoms with van der Waals surface area (Å²) in [5, 5.41) is 12.5. The fourth-order valence-corrected chi connectivity index (χ4v) is 2.15. The quantitative estimate of drug-likeness (QED) is 0.787. The van der Waals surface area contributed by atoms with Crippen molar-refractivity contribution in [2.45, 2.75) is 39.8 Å². The smallest absolute Gasteiger partial charge is 0.319 e. The minimum Gasteiger partial charge on any atom is -0.336 e. The number of carbonyl (C=O) groups is 2. The molecule has 0 aliphatic heterocycles. The summed E-state index contributed by atoms with van der Waals surface area (Å²) >= 11 is 0. The maximum Gasteiger partial charge on any atom is 0.319 e. The molecule has 0 bridgehead atoms. The van der Waals surface area contributed by atoms with Crippen molar-refractivity contribution in [3.05, 3.63) is 42.1 Å². The molecule has 24 heavy (non-hydrogen) atoms. The molecule has 3 amide bonds. The van der Waals surface area contributed by atoms with Crippen molar-refractivity contribution in [1.82, 2.24) is 15.1 Å². The molecule has 0 radical (unpaired) electrons. The van der Waals surface area contributed by atoms with E-state index in [4.69, 9.17) is 0 Å². The molecule has 0 aliphatic rings. The van der Waals surface area contributed by atoms with Crippen LogP contribution in [0.5, 0.6) is 0 Å². The van der Waals surface area contributed by atoms with Crippen LogP contribution >= 0.6 is 0 Å². The highest BCUT2D eigenvalue weighted by molar-refractivity contribution is 6.04. The Hall–Kier alpha value is -2.83. The number of nitrogens with zero attached hydrogens (tertiary/aromatic N) is 2. The summed E-state index contributed by atoms with van der Waals surface area (Å²) in [4.78, 5) is 24.0. The Morgan fingerprint density at radius 2 is 1.67 bits per heavy atom. The average Bonchev–Trinajstić information content (AvgIpc) is 2.95. The second-order valence-corrected chi connectivity index (χ2v) is 6.04. The van der Waals surface area contributed by atoms with E-state index >= 15 is 0 Å². The first-order valence-electron chi connectivity index (χ1n) is 7.89. The Balaban J connectivity index is 2.01. The number of anilines is 2. The number of urea groups is 1. The summed E-state index contributed by atoms with van der Waals surface area (Å²) < 4.78 is 1.74. The predicted molar refractivity (Wildman–Crippen MR) is 94.3 cm³/mol. The van der Waals surface area contributed by atoms with Gasteiger partial charge in [0.15, 0.2) is 0 Å². The van der Waals surface area contributed by atoms with E-state index in [1.54, 1.807) is 41.2 Å². The third-order valence-electron chi connectivity index (χ3n) is 3.23. The monoisotopic (exact) mass is 329 g/mol. The van der Waals surface area contributed by atoms with Crippen LogP contribution in [-0.2, 0) is 0 Å². The lowest BCUT2D eigenvalue weighted by Gasteiger charge is -2.12. The van der Waals surface area contributed by atoms with Gasteiger partial charge in [-0.05, 0) is 52.0 Å². The molecule has 0 saturated heterocycles. The van der Waals surface area contributed by atoms with E-state index in [0.717, 1.165) is 0 Å². The van der Waals surface area contributed by atoms with E-state index in [1.807, 2.05) is 27.7 Å². The van der Waals surface area contributed by atoms with E-state index in [0.29, 0.717) is 17.1 Å². The number of hydrogen-bond donors (Lipinski definition) is 3. The zero-order chi connectivity index (χ0) is 17.7. The van der Waals surface area contributed by atoms with Gasteiger partial charge in [0.1, 0.15) is 5.82 Å². The van der Waals surface area contributed by atoms with Gasteiger partial charge in [0, 0.05) is 29.4 Å². The molecule has 3 N–H and O–H groups in total. The summed E-state index contributed by atoms with van der Waals surface area (Å²) in [6.07, 6.45) is 1.65. The molecule has 0 unspecified atom stereocenters. The van der Waals surface area contributed by atoms with Gasteiger partial charge >= 0.3 is 6.03 Å². The number of hydrogen-bond acceptors (Lipinski definition) is 3. The molecule has 0 saturated carbocycles. The van der Waals surface area contributed by atoms with Crippen LogP contribution in [0.3, 0.4) is 0 Å². The highest BCUT2D eigenvalue weighted by atomic mass is 16.2. The normalized spacial score (nSPS) is 10.8. The SMILES string of the molecule is CC(C)NC(=O)Nc1ccc(C(=O)Nc2ccnn2C(C)C)cc1. The molecule has 1 heterocycles. The Labute approximate surface area is 141 Å². The van der Waals surface area contributed by atoms with Gasteiger partial charge in [-0.3, -0.25) is 4.79 Å². The molecule has 7 nitrogen and oxygen atoms in total. The molecule has 0 fully saturated rings. The first-order valence-corrected chi connectivity index (χ1v) is 7.89. The summed E-state index contributed by atoms with van der Waals surface area (Å²) in [6, 6.07) is 8.39. The summed E-state index contributed by atoms with van der Waals surface area (Å²) in [5.74, 6) is 0.420. The van der Waals surface area contributed by atoms with Crippen molar-refractivity contribution < 1.29 is 9.59 Å². The topological polar surface area (TPSA) is 88.1 Å². The number of rotatable bonds is 5. The molecule has 0 atom stereocenters. The Morgan fingerprint density at radius 1 is 1.00 bits per heavy atom. The summed E-state index contributed by atoms with van der Waals surface area (Å²) in [6.45, 7) is 7.75. The molecular formula is C17H23N5O2. The molecule has 0 aliphatic carbocycles. The lowest BCUT2D eigenvalue weighted by atomic mass is 10.2. The fourth-order valence-electron chi connectivity index (χ4n) is 2.15. The molecule has 7 heteroatoms. The van der Waals surface area contributed by atoms with Crippen molar-refractivity contribution >= 4 is 23.4 Å². The van der Waals surface area contributed by atoms with Gasteiger partial charge < -0.3 is 16.0 Å². The van der Waals surface area contributed by atoms with Gasteiger partial charge in [-0.25, -0.2) is 9.48 Å². The Kier molecular flexibility index (Phi) is 5.57. The lowest BCUT2D eigenvalue weighted by Crippen LogP contribution is -2.34. The van der Waals surface area contributed by atoms with E-state index in [1.165, 1.54) is 0 Å². The zero-order valence-electron chi connectivity index (χ0n) is 14.3. The molecule has 2 aromatic rings. The second-order valence-electron chi connectivity index (χ2n) is 6.04. The first-order chi connectivity index (χ1) is 11.4. The van der Waals surface area contributed by atoms with E-state index in [9.17, 15) is 9.59 Å². The van der Waals surface area contributed by atoms with Crippen LogP contribution < -0.4 is 16.0 Å². The van der Waals surface area contributed by atoms with Crippen molar-refractivity contribution in [1.29, 1.82) is 0 Å². The van der Waals surface area contributed by atoms with E-state index in [-0.39, 0.29) is 24.0 Å². The van der Waals surface area contributed by atoms with Gasteiger partial charge in [-0.2, -0.15) is 5.10 Å². The van der Waals surface area contributed by atoms with Crippen molar-refractivity contribution in [3.63, 3.8) is 0 Å². The minimum absolute atomic E-state index is 0.0564. The third kappa shape index (κ3) is 4.58. The standard InChI is InChI=1S/C17H23N5O2/c1-11(2)19-17(24)20-14-7-5-13(6-8-14)16(23)21-15-9-10-18-22(15)12(3)4/h5-12H,1-4H3,(H,21,23)(H2,19,20,24). The lowest BCUT2D eigenvalue weighted by molar-refractivity contribution is 0.102. The number of benzene rings is 1. The zero-order valence-corrected chi connectivity index (χ0v) is 14.3. The average molecular weight is 329 g/mol. The van der Waals surface area contributed by atoms with Crippen molar-refractivity contribution in [2.75, 3.05) is 10.6 Å². The van der Waals surface area contributed by atoms with Crippen LogP contribution in [0.15, 0.2) is 36.5 Å². The summed E-state index contributed by atoms with van der Waals surface area (Å²) in [5.41, 5.74) is 1.12. The van der Waals surface area contributed by atoms with Crippen molar-refractivity contribution in [3.8, 4) is 0 Å². The predicted octanol–water partition coefficient (Wildman–Crippen LogP) is 3.25. The number of nitrogens with one attached hydrogen (secondary N) is 3. The van der Waals surface area contributed by atoms with Gasteiger partial charge in [0.2, 0.25) is 0 Å². The first kappa shape index (κ1) is 17.5. The van der Waals surface area contributed by atoms with Gasteiger partial charge in [-0.1, -0.05) is 0 Å². The number of carbonyl (C=O) groups excluding carboxylic acids is 2. The Morgan fingerprint density at radius 3 is 2.25 bits per heavy atom. The number of amides is 3. The fraction of sp³-hybridized carbons (Fsp3) is 0.353. The molecule has 0 spiro atoms. The molecule has 2 rings (SSSR count). The largest absolute Gasteiger partial charge is 0.336 e. The molecule has 128 valence electrons. The van der Waals surface area contributed by atoms with Crippen molar-refractivity contribution in [2.24, 2.45) is 0 Å². The minimum atomic E-state index is -0.275. The van der Waals surface area contributed by atoms with E-state index < -0.39 is 0 Å². The van der Waals surface area contributed by atoms with Gasteiger partial charge in [0.25, 0.3) is 5.91 Å². The van der Waals surface area contributed by atoms with Crippen LogP contribution in [0.4, 0.5) is 16.3 Å².